The molecule has 18 heavy (non-hydrogen) atoms. The first-order chi connectivity index (χ1) is 8.83. The number of carbonyl (C=O) groups excluding carboxylic acids is 1. The molecule has 2 aliphatic rings. The SMILES string of the molecule is O=C(OCC1CSC1)C1=Cc2ccccc2OC1. The molecule has 0 unspecified atom stereocenters. The van der Waals surface area contributed by atoms with E-state index < -0.39 is 0 Å². The van der Waals surface area contributed by atoms with E-state index >= 15 is 0 Å². The van der Waals surface area contributed by atoms with Crippen molar-refractivity contribution in [2.24, 2.45) is 5.92 Å². The average molecular weight is 262 g/mol. The molecule has 1 fully saturated rings. The molecule has 4 heteroatoms. The predicted molar refractivity (Wildman–Crippen MR) is 71.7 cm³/mol. The molecule has 3 rings (SSSR count). The maximum atomic E-state index is 11.9. The molecule has 0 aliphatic carbocycles. The first kappa shape index (κ1) is 11.7. The molecular weight excluding hydrogens is 248 g/mol. The van der Waals surface area contributed by atoms with Crippen molar-refractivity contribution in [1.29, 1.82) is 0 Å². The maximum absolute atomic E-state index is 11.9. The van der Waals surface area contributed by atoms with Gasteiger partial charge in [0.2, 0.25) is 0 Å². The van der Waals surface area contributed by atoms with Crippen LogP contribution in [0.4, 0.5) is 0 Å². The van der Waals surface area contributed by atoms with Gasteiger partial charge in [0.15, 0.2) is 0 Å². The smallest absolute Gasteiger partial charge is 0.337 e. The minimum atomic E-state index is -0.249. The third kappa shape index (κ3) is 2.38. The molecule has 2 heterocycles. The molecule has 1 aromatic carbocycles. The van der Waals surface area contributed by atoms with Gasteiger partial charge in [0.05, 0.1) is 12.2 Å². The Bertz CT molecular complexity index is 492. The third-order valence-electron chi connectivity index (χ3n) is 3.05. The van der Waals surface area contributed by atoms with Crippen molar-refractivity contribution in [3.8, 4) is 5.75 Å². The second-order valence-electron chi connectivity index (χ2n) is 4.50. The fourth-order valence-corrected chi connectivity index (χ4v) is 2.66. The zero-order valence-electron chi connectivity index (χ0n) is 9.93. The lowest BCUT2D eigenvalue weighted by Crippen LogP contribution is -2.26. The summed E-state index contributed by atoms with van der Waals surface area (Å²) in [7, 11) is 0. The van der Waals surface area contributed by atoms with Gasteiger partial charge in [0.25, 0.3) is 0 Å². The summed E-state index contributed by atoms with van der Waals surface area (Å²) in [5.74, 6) is 3.32. The Morgan fingerprint density at radius 1 is 1.39 bits per heavy atom. The Morgan fingerprint density at radius 2 is 2.22 bits per heavy atom. The molecule has 0 N–H and O–H groups in total. The molecule has 1 saturated heterocycles. The van der Waals surface area contributed by atoms with Crippen molar-refractivity contribution in [3.05, 3.63) is 35.4 Å². The molecule has 0 radical (unpaired) electrons. The minimum absolute atomic E-state index is 0.249. The van der Waals surface area contributed by atoms with Crippen molar-refractivity contribution in [1.82, 2.24) is 0 Å². The van der Waals surface area contributed by atoms with Crippen molar-refractivity contribution < 1.29 is 14.3 Å². The number of hydrogen-bond acceptors (Lipinski definition) is 4. The van der Waals surface area contributed by atoms with E-state index in [4.69, 9.17) is 9.47 Å². The monoisotopic (exact) mass is 262 g/mol. The first-order valence-electron chi connectivity index (χ1n) is 6.00. The van der Waals surface area contributed by atoms with Crippen LogP contribution in [-0.2, 0) is 9.53 Å². The van der Waals surface area contributed by atoms with Crippen molar-refractivity contribution >= 4 is 23.8 Å². The summed E-state index contributed by atoms with van der Waals surface area (Å²) >= 11 is 1.89. The lowest BCUT2D eigenvalue weighted by atomic mass is 10.1. The van der Waals surface area contributed by atoms with Gasteiger partial charge >= 0.3 is 5.97 Å². The van der Waals surface area contributed by atoms with Crippen LogP contribution in [0.25, 0.3) is 6.08 Å². The quantitative estimate of drug-likeness (QED) is 0.783. The van der Waals surface area contributed by atoms with E-state index in [0.717, 1.165) is 22.8 Å². The molecule has 0 spiro atoms. The number of ether oxygens (including phenoxy) is 2. The second kappa shape index (κ2) is 5.06. The highest BCUT2D eigenvalue weighted by molar-refractivity contribution is 8.00. The summed E-state index contributed by atoms with van der Waals surface area (Å²) in [4.78, 5) is 11.9. The summed E-state index contributed by atoms with van der Waals surface area (Å²) in [5.41, 5.74) is 1.54. The number of benzene rings is 1. The molecule has 0 atom stereocenters. The molecular formula is C14H14O3S. The summed E-state index contributed by atoms with van der Waals surface area (Å²) in [6.07, 6.45) is 1.86. The number of thioether (sulfide) groups is 1. The van der Waals surface area contributed by atoms with Crippen LogP contribution in [0.5, 0.6) is 5.75 Å². The van der Waals surface area contributed by atoms with Crippen LogP contribution in [0.1, 0.15) is 5.56 Å². The van der Waals surface area contributed by atoms with Crippen molar-refractivity contribution in [2.45, 2.75) is 0 Å². The Labute approximate surface area is 110 Å². The highest BCUT2D eigenvalue weighted by atomic mass is 32.2. The van der Waals surface area contributed by atoms with Gasteiger partial charge in [0, 0.05) is 23.0 Å². The number of esters is 1. The minimum Gasteiger partial charge on any atom is -0.488 e. The normalized spacial score (nSPS) is 18.1. The number of rotatable bonds is 3. The maximum Gasteiger partial charge on any atom is 0.337 e. The summed E-state index contributed by atoms with van der Waals surface area (Å²) < 4.78 is 10.8. The third-order valence-corrected chi connectivity index (χ3v) is 4.47. The van der Waals surface area contributed by atoms with E-state index in [1.54, 1.807) is 0 Å². The molecule has 0 aromatic heterocycles. The number of hydrogen-bond donors (Lipinski definition) is 0. The molecule has 0 amide bonds. The summed E-state index contributed by atoms with van der Waals surface area (Å²) in [5, 5.41) is 0. The zero-order valence-corrected chi connectivity index (χ0v) is 10.7. The van der Waals surface area contributed by atoms with Crippen LogP contribution in [0.3, 0.4) is 0 Å². The van der Waals surface area contributed by atoms with Gasteiger partial charge in [-0.15, -0.1) is 0 Å². The van der Waals surface area contributed by atoms with Crippen LogP contribution in [-0.4, -0.2) is 30.7 Å². The Hall–Kier alpha value is -1.42. The van der Waals surface area contributed by atoms with Gasteiger partial charge in [-0.25, -0.2) is 4.79 Å². The fraction of sp³-hybridized carbons (Fsp3) is 0.357. The second-order valence-corrected chi connectivity index (χ2v) is 5.57. The van der Waals surface area contributed by atoms with Crippen LogP contribution in [0.2, 0.25) is 0 Å². The van der Waals surface area contributed by atoms with Crippen molar-refractivity contribution in [3.63, 3.8) is 0 Å². The van der Waals surface area contributed by atoms with Gasteiger partial charge in [0.1, 0.15) is 12.4 Å². The largest absolute Gasteiger partial charge is 0.488 e. The predicted octanol–water partition coefficient (Wildman–Crippen LogP) is 2.37. The lowest BCUT2D eigenvalue weighted by Gasteiger charge is -2.24. The van der Waals surface area contributed by atoms with E-state index in [0.29, 0.717) is 24.7 Å². The highest BCUT2D eigenvalue weighted by Crippen LogP contribution is 2.27. The molecule has 94 valence electrons. The van der Waals surface area contributed by atoms with E-state index in [-0.39, 0.29) is 5.97 Å². The van der Waals surface area contributed by atoms with Crippen LogP contribution in [0.15, 0.2) is 29.8 Å². The molecule has 0 saturated carbocycles. The topological polar surface area (TPSA) is 35.5 Å². The Morgan fingerprint density at radius 3 is 3.00 bits per heavy atom. The summed E-state index contributed by atoms with van der Waals surface area (Å²) in [6, 6.07) is 7.69. The number of para-hydroxylation sites is 1. The fourth-order valence-electron chi connectivity index (χ4n) is 1.90. The van der Waals surface area contributed by atoms with E-state index in [1.807, 2.05) is 42.1 Å². The van der Waals surface area contributed by atoms with Gasteiger partial charge in [-0.05, 0) is 12.1 Å². The average Bonchev–Trinajstić information content (AvgIpc) is 2.36. The zero-order chi connectivity index (χ0) is 12.4. The lowest BCUT2D eigenvalue weighted by molar-refractivity contribution is -0.140. The van der Waals surface area contributed by atoms with Gasteiger partial charge < -0.3 is 9.47 Å². The molecule has 2 aliphatic heterocycles. The van der Waals surface area contributed by atoms with E-state index in [2.05, 4.69) is 0 Å². The molecule has 3 nitrogen and oxygen atoms in total. The number of fused-ring (bicyclic) bond motifs is 1. The van der Waals surface area contributed by atoms with E-state index in [1.165, 1.54) is 0 Å². The van der Waals surface area contributed by atoms with Crippen LogP contribution >= 0.6 is 11.8 Å². The van der Waals surface area contributed by atoms with Gasteiger partial charge in [-0.1, -0.05) is 18.2 Å². The Kier molecular flexibility index (Phi) is 3.28. The first-order valence-corrected chi connectivity index (χ1v) is 7.15. The molecule has 1 aromatic rings. The van der Waals surface area contributed by atoms with Crippen LogP contribution < -0.4 is 4.74 Å². The standard InChI is InChI=1S/C14H14O3S/c15-14(17-6-10-8-18-9-10)12-5-11-3-1-2-4-13(11)16-7-12/h1-5,10H,6-9H2. The number of carbonyl (C=O) groups is 1. The molecule has 0 bridgehead atoms. The highest BCUT2D eigenvalue weighted by Gasteiger charge is 2.22. The van der Waals surface area contributed by atoms with Crippen molar-refractivity contribution in [2.75, 3.05) is 24.7 Å². The van der Waals surface area contributed by atoms with Gasteiger partial charge in [-0.2, -0.15) is 11.8 Å². The van der Waals surface area contributed by atoms with Crippen LogP contribution in [0, 0.1) is 5.92 Å². The summed E-state index contributed by atoms with van der Waals surface area (Å²) in [6.45, 7) is 0.833. The Balaban J connectivity index is 1.65. The van der Waals surface area contributed by atoms with Gasteiger partial charge in [-0.3, -0.25) is 0 Å². The van der Waals surface area contributed by atoms with E-state index in [9.17, 15) is 4.79 Å².